The van der Waals surface area contributed by atoms with Crippen LogP contribution in [0.1, 0.15) is 30.9 Å². The maximum absolute atomic E-state index is 12.6. The molecule has 0 aliphatic carbocycles. The van der Waals surface area contributed by atoms with Gasteiger partial charge in [-0.2, -0.15) is 8.78 Å². The second-order valence-corrected chi connectivity index (χ2v) is 4.04. The van der Waals surface area contributed by atoms with E-state index in [4.69, 9.17) is 0 Å². The van der Waals surface area contributed by atoms with Crippen molar-refractivity contribution in [3.63, 3.8) is 0 Å². The van der Waals surface area contributed by atoms with Gasteiger partial charge in [0, 0.05) is 18.4 Å². The molecule has 1 atom stereocenters. The summed E-state index contributed by atoms with van der Waals surface area (Å²) in [4.78, 5) is 3.92. The quantitative estimate of drug-likeness (QED) is 0.884. The Bertz CT molecular complexity index is 482. The zero-order chi connectivity index (χ0) is 13.0. The van der Waals surface area contributed by atoms with Crippen LogP contribution in [0.15, 0.2) is 42.7 Å². The first-order valence-electron chi connectivity index (χ1n) is 5.76. The van der Waals surface area contributed by atoms with Crippen molar-refractivity contribution in [1.29, 1.82) is 0 Å². The molecule has 2 rings (SSSR count). The van der Waals surface area contributed by atoms with Crippen LogP contribution in [-0.2, 0) is 6.54 Å². The van der Waals surface area contributed by atoms with Crippen LogP contribution >= 0.6 is 0 Å². The molecule has 1 N–H and O–H groups in total. The SMILES string of the molecule is C[C@H](NCc1nccn1C(F)F)c1ccccc1. The Kier molecular flexibility index (Phi) is 4.04. The molecule has 0 aliphatic heterocycles. The van der Waals surface area contributed by atoms with E-state index >= 15 is 0 Å². The van der Waals surface area contributed by atoms with Gasteiger partial charge in [-0.05, 0) is 12.5 Å². The van der Waals surface area contributed by atoms with Crippen molar-refractivity contribution in [2.24, 2.45) is 0 Å². The molecule has 0 spiro atoms. The van der Waals surface area contributed by atoms with Gasteiger partial charge in [-0.25, -0.2) is 4.98 Å². The van der Waals surface area contributed by atoms with E-state index in [0.29, 0.717) is 12.4 Å². The van der Waals surface area contributed by atoms with E-state index < -0.39 is 6.55 Å². The molecule has 0 saturated heterocycles. The Balaban J connectivity index is 1.97. The third-order valence-corrected chi connectivity index (χ3v) is 2.83. The third kappa shape index (κ3) is 2.92. The zero-order valence-corrected chi connectivity index (χ0v) is 10.1. The first-order chi connectivity index (χ1) is 8.68. The van der Waals surface area contributed by atoms with Crippen molar-refractivity contribution in [3.8, 4) is 0 Å². The number of aromatic nitrogens is 2. The average molecular weight is 251 g/mol. The van der Waals surface area contributed by atoms with Crippen LogP contribution in [0.3, 0.4) is 0 Å². The minimum atomic E-state index is -2.55. The number of nitrogens with zero attached hydrogens (tertiary/aromatic N) is 2. The van der Waals surface area contributed by atoms with Crippen LogP contribution < -0.4 is 5.32 Å². The number of hydrogen-bond donors (Lipinski definition) is 1. The fourth-order valence-electron chi connectivity index (χ4n) is 1.76. The summed E-state index contributed by atoms with van der Waals surface area (Å²) in [5.41, 5.74) is 1.12. The summed E-state index contributed by atoms with van der Waals surface area (Å²) in [7, 11) is 0. The molecule has 0 unspecified atom stereocenters. The molecule has 0 amide bonds. The van der Waals surface area contributed by atoms with Crippen LogP contribution in [0, 0.1) is 0 Å². The van der Waals surface area contributed by atoms with Gasteiger partial charge in [-0.15, -0.1) is 0 Å². The number of imidazole rings is 1. The van der Waals surface area contributed by atoms with Crippen molar-refractivity contribution in [2.45, 2.75) is 26.1 Å². The van der Waals surface area contributed by atoms with Crippen LogP contribution in [0.5, 0.6) is 0 Å². The van der Waals surface area contributed by atoms with Crippen LogP contribution in [-0.4, -0.2) is 9.55 Å². The van der Waals surface area contributed by atoms with Crippen LogP contribution in [0.25, 0.3) is 0 Å². The van der Waals surface area contributed by atoms with Gasteiger partial charge in [-0.1, -0.05) is 30.3 Å². The molecule has 1 aromatic carbocycles. The molecular formula is C13H15F2N3. The Morgan fingerprint density at radius 3 is 2.67 bits per heavy atom. The maximum Gasteiger partial charge on any atom is 0.319 e. The van der Waals surface area contributed by atoms with E-state index in [1.165, 1.54) is 12.4 Å². The first-order valence-corrected chi connectivity index (χ1v) is 5.76. The van der Waals surface area contributed by atoms with Gasteiger partial charge in [-0.3, -0.25) is 4.57 Å². The number of hydrogen-bond acceptors (Lipinski definition) is 2. The lowest BCUT2D eigenvalue weighted by Gasteiger charge is -2.14. The molecule has 18 heavy (non-hydrogen) atoms. The second-order valence-electron chi connectivity index (χ2n) is 4.04. The maximum atomic E-state index is 12.6. The molecule has 0 saturated carbocycles. The number of nitrogens with one attached hydrogen (secondary N) is 1. The Morgan fingerprint density at radius 1 is 1.28 bits per heavy atom. The molecule has 3 nitrogen and oxygen atoms in total. The smallest absolute Gasteiger partial charge is 0.303 e. The van der Waals surface area contributed by atoms with E-state index in [-0.39, 0.29) is 6.04 Å². The number of halogens is 2. The summed E-state index contributed by atoms with van der Waals surface area (Å²) < 4.78 is 26.1. The van der Waals surface area contributed by atoms with Crippen molar-refractivity contribution >= 4 is 0 Å². The molecule has 1 aromatic heterocycles. The van der Waals surface area contributed by atoms with Gasteiger partial charge in [0.1, 0.15) is 5.82 Å². The molecular weight excluding hydrogens is 236 g/mol. The number of alkyl halides is 2. The normalized spacial score (nSPS) is 12.9. The monoisotopic (exact) mass is 251 g/mol. The first kappa shape index (κ1) is 12.7. The van der Waals surface area contributed by atoms with Crippen molar-refractivity contribution in [2.75, 3.05) is 0 Å². The predicted octanol–water partition coefficient (Wildman–Crippen LogP) is 3.13. The van der Waals surface area contributed by atoms with E-state index in [1.54, 1.807) is 0 Å². The zero-order valence-electron chi connectivity index (χ0n) is 10.1. The molecule has 2 aromatic rings. The molecule has 0 fully saturated rings. The largest absolute Gasteiger partial charge is 0.319 e. The summed E-state index contributed by atoms with van der Waals surface area (Å²) in [6.07, 6.45) is 2.67. The summed E-state index contributed by atoms with van der Waals surface area (Å²) in [5, 5.41) is 3.18. The van der Waals surface area contributed by atoms with Gasteiger partial charge in [0.25, 0.3) is 0 Å². The lowest BCUT2D eigenvalue weighted by Crippen LogP contribution is -2.20. The van der Waals surface area contributed by atoms with E-state index in [1.807, 2.05) is 37.3 Å². The highest BCUT2D eigenvalue weighted by Gasteiger charge is 2.12. The van der Waals surface area contributed by atoms with Crippen molar-refractivity contribution in [1.82, 2.24) is 14.9 Å². The van der Waals surface area contributed by atoms with E-state index in [2.05, 4.69) is 10.3 Å². The number of rotatable bonds is 5. The van der Waals surface area contributed by atoms with E-state index in [0.717, 1.165) is 10.1 Å². The molecule has 0 bridgehead atoms. The lowest BCUT2D eigenvalue weighted by atomic mass is 10.1. The van der Waals surface area contributed by atoms with Crippen LogP contribution in [0.4, 0.5) is 8.78 Å². The highest BCUT2D eigenvalue weighted by Crippen LogP contribution is 2.15. The van der Waals surface area contributed by atoms with Crippen molar-refractivity contribution in [3.05, 3.63) is 54.1 Å². The lowest BCUT2D eigenvalue weighted by molar-refractivity contribution is 0.0665. The number of benzene rings is 1. The van der Waals surface area contributed by atoms with Gasteiger partial charge in [0.2, 0.25) is 0 Å². The van der Waals surface area contributed by atoms with Gasteiger partial charge >= 0.3 is 6.55 Å². The summed E-state index contributed by atoms with van der Waals surface area (Å²) in [5.74, 6) is 0.341. The summed E-state index contributed by atoms with van der Waals surface area (Å²) in [6.45, 7) is -0.241. The fourth-order valence-corrected chi connectivity index (χ4v) is 1.76. The predicted molar refractivity (Wildman–Crippen MR) is 65.2 cm³/mol. The standard InChI is InChI=1S/C13H15F2N3/c1-10(11-5-3-2-4-6-11)17-9-12-16-7-8-18(12)13(14)15/h2-8,10,13,17H,9H2,1H3/t10-/m0/s1. The van der Waals surface area contributed by atoms with Crippen molar-refractivity contribution < 1.29 is 8.78 Å². The second kappa shape index (κ2) is 5.73. The van der Waals surface area contributed by atoms with Gasteiger partial charge in [0.05, 0.1) is 6.54 Å². The molecule has 1 heterocycles. The van der Waals surface area contributed by atoms with Crippen LogP contribution in [0.2, 0.25) is 0 Å². The fraction of sp³-hybridized carbons (Fsp3) is 0.308. The third-order valence-electron chi connectivity index (χ3n) is 2.83. The Hall–Kier alpha value is -1.75. The van der Waals surface area contributed by atoms with Gasteiger partial charge < -0.3 is 5.32 Å². The molecule has 0 aliphatic rings. The minimum Gasteiger partial charge on any atom is -0.303 e. The molecule has 5 heteroatoms. The highest BCUT2D eigenvalue weighted by molar-refractivity contribution is 5.18. The average Bonchev–Trinajstić information content (AvgIpc) is 2.85. The minimum absolute atomic E-state index is 0.0917. The summed E-state index contributed by atoms with van der Waals surface area (Å²) in [6, 6.07) is 9.93. The van der Waals surface area contributed by atoms with Gasteiger partial charge in [0.15, 0.2) is 0 Å². The van der Waals surface area contributed by atoms with E-state index in [9.17, 15) is 8.78 Å². The Morgan fingerprint density at radius 2 is 2.00 bits per heavy atom. The molecule has 96 valence electrons. The topological polar surface area (TPSA) is 29.9 Å². The Labute approximate surface area is 104 Å². The summed E-state index contributed by atoms with van der Waals surface area (Å²) >= 11 is 0. The molecule has 0 radical (unpaired) electrons. The highest BCUT2D eigenvalue weighted by atomic mass is 19.3.